The predicted octanol–water partition coefficient (Wildman–Crippen LogP) is 1.30. The average molecular weight is 219 g/mol. The molecule has 0 bridgehead atoms. The summed E-state index contributed by atoms with van der Waals surface area (Å²) in [5, 5.41) is 0. The molecular formula is C9H7FeO3. The van der Waals surface area contributed by atoms with Crippen molar-refractivity contribution in [3.63, 3.8) is 0 Å². The summed E-state index contributed by atoms with van der Waals surface area (Å²) in [6, 6.07) is 6.49. The molecule has 1 aromatic rings. The minimum absolute atomic E-state index is 0.259. The van der Waals surface area contributed by atoms with Gasteiger partial charge in [-0.25, -0.2) is 0 Å². The molecule has 4 heteroatoms. The molecule has 0 N–H and O–H groups in total. The van der Waals surface area contributed by atoms with E-state index >= 15 is 0 Å². The Morgan fingerprint density at radius 3 is 2.46 bits per heavy atom. The van der Waals surface area contributed by atoms with Crippen molar-refractivity contribution in [2.45, 2.75) is 6.92 Å². The van der Waals surface area contributed by atoms with Crippen molar-refractivity contribution >= 4 is 10.7 Å². The maximum atomic E-state index is 10.9. The molecule has 0 unspecified atom stereocenters. The summed E-state index contributed by atoms with van der Waals surface area (Å²) in [5.74, 6) is -0.191. The molecule has 0 spiro atoms. The molecule has 0 amide bonds. The monoisotopic (exact) mass is 219 g/mol. The predicted molar refractivity (Wildman–Crippen MR) is 42.1 cm³/mol. The van der Waals surface area contributed by atoms with E-state index in [4.69, 9.17) is 4.74 Å². The van der Waals surface area contributed by atoms with E-state index in [2.05, 4.69) is 16.0 Å². The summed E-state index contributed by atoms with van der Waals surface area (Å²) < 4.78 is 4.44. The van der Waals surface area contributed by atoms with E-state index in [9.17, 15) is 9.59 Å². The van der Waals surface area contributed by atoms with Crippen LogP contribution in [0.4, 0.5) is 0 Å². The van der Waals surface area contributed by atoms with Crippen LogP contribution in [0.1, 0.15) is 17.3 Å². The minimum atomic E-state index is -0.450. The van der Waals surface area contributed by atoms with Crippen LogP contribution in [-0.4, -0.2) is 10.7 Å². The normalized spacial score (nSPS) is 9.38. The Kier molecular flexibility index (Phi) is 3.23. The van der Waals surface area contributed by atoms with E-state index < -0.39 is 5.97 Å². The van der Waals surface area contributed by atoms with Gasteiger partial charge in [0.05, 0.1) is 0 Å². The van der Waals surface area contributed by atoms with Crippen molar-refractivity contribution < 1.29 is 30.3 Å². The summed E-state index contributed by atoms with van der Waals surface area (Å²) in [5.41, 5.74) is 0.317. The number of benzene rings is 1. The van der Waals surface area contributed by atoms with E-state index in [1.165, 1.54) is 6.92 Å². The van der Waals surface area contributed by atoms with E-state index in [0.717, 1.165) is 0 Å². The molecule has 0 aromatic heterocycles. The third-order valence-electron chi connectivity index (χ3n) is 1.35. The second-order valence-corrected chi connectivity index (χ2v) is 2.85. The number of carbonyl (C=O) groups is 2. The molecule has 0 heterocycles. The first-order valence-corrected chi connectivity index (χ1v) is 4.12. The van der Waals surface area contributed by atoms with Gasteiger partial charge in [-0.1, -0.05) is 0 Å². The van der Waals surface area contributed by atoms with E-state index in [1.54, 1.807) is 24.3 Å². The van der Waals surface area contributed by atoms with Crippen LogP contribution in [0.15, 0.2) is 24.3 Å². The Hall–Kier alpha value is -1.12. The quantitative estimate of drug-likeness (QED) is 0.427. The molecule has 1 aromatic carbocycles. The molecule has 0 aliphatic rings. The third-order valence-corrected chi connectivity index (χ3v) is 1.64. The molecular weight excluding hydrogens is 212 g/mol. The summed E-state index contributed by atoms with van der Waals surface area (Å²) in [6.45, 7) is 1.28. The number of para-hydroxylation sites is 1. The topological polar surface area (TPSA) is 43.4 Å². The fourth-order valence-corrected chi connectivity index (χ4v) is 1.10. The fourth-order valence-electron chi connectivity index (χ4n) is 0.868. The molecule has 13 heavy (non-hydrogen) atoms. The van der Waals surface area contributed by atoms with Crippen molar-refractivity contribution in [2.75, 3.05) is 0 Å². The zero-order valence-corrected chi connectivity index (χ0v) is 7.99. The van der Waals surface area contributed by atoms with E-state index in [-0.39, 0.29) is 10.4 Å². The number of ether oxygens (including phenoxy) is 1. The number of rotatable bonds is 2. The van der Waals surface area contributed by atoms with Gasteiger partial charge in [-0.15, -0.1) is 0 Å². The third kappa shape index (κ3) is 2.68. The van der Waals surface area contributed by atoms with Crippen LogP contribution in [0.3, 0.4) is 0 Å². The molecule has 0 saturated heterocycles. The molecule has 0 aliphatic carbocycles. The molecule has 1 rings (SSSR count). The van der Waals surface area contributed by atoms with Crippen molar-refractivity contribution in [1.82, 2.24) is 0 Å². The van der Waals surface area contributed by atoms with Crippen LogP contribution in [0.5, 0.6) is 5.75 Å². The average Bonchev–Trinajstić information content (AvgIpc) is 2.03. The molecule has 0 saturated carbocycles. The fraction of sp³-hybridized carbons (Fsp3) is 0.111. The summed E-state index contributed by atoms with van der Waals surface area (Å²) in [4.78, 5) is 21.6. The summed E-state index contributed by atoms with van der Waals surface area (Å²) in [7, 11) is 0. The zero-order chi connectivity index (χ0) is 9.84. The summed E-state index contributed by atoms with van der Waals surface area (Å²) >= 11 is 3.25. The Bertz CT molecular complexity index is 346. The van der Waals surface area contributed by atoms with Gasteiger partial charge in [-0.2, -0.15) is 0 Å². The van der Waals surface area contributed by atoms with Gasteiger partial charge in [-0.3, -0.25) is 0 Å². The Balaban J connectivity index is 3.04. The first-order chi connectivity index (χ1) is 6.11. The van der Waals surface area contributed by atoms with Gasteiger partial charge >= 0.3 is 83.5 Å². The van der Waals surface area contributed by atoms with Crippen molar-refractivity contribution in [3.8, 4) is 5.75 Å². The van der Waals surface area contributed by atoms with Crippen molar-refractivity contribution in [1.29, 1.82) is 0 Å². The molecule has 0 atom stereocenters. The first kappa shape index (κ1) is 9.96. The van der Waals surface area contributed by atoms with Crippen molar-refractivity contribution in [2.24, 2.45) is 0 Å². The molecule has 0 fully saturated rings. The Morgan fingerprint density at radius 1 is 1.31 bits per heavy atom. The molecule has 0 radical (unpaired) electrons. The number of esters is 1. The SMILES string of the molecule is CC(=O)Oc1ccccc1[C](=O)[Fe]. The van der Waals surface area contributed by atoms with Crippen LogP contribution < -0.4 is 4.74 Å². The van der Waals surface area contributed by atoms with Crippen LogP contribution in [0.25, 0.3) is 0 Å². The second kappa shape index (κ2) is 4.21. The number of carbonyl (C=O) groups excluding carboxylic acids is 2. The van der Waals surface area contributed by atoms with Crippen LogP contribution in [0.2, 0.25) is 0 Å². The van der Waals surface area contributed by atoms with Gasteiger partial charge in [0, 0.05) is 0 Å². The maximum absolute atomic E-state index is 10.9. The van der Waals surface area contributed by atoms with Gasteiger partial charge in [-0.05, 0) is 0 Å². The van der Waals surface area contributed by atoms with Crippen LogP contribution in [-0.2, 0) is 20.8 Å². The van der Waals surface area contributed by atoms with Gasteiger partial charge < -0.3 is 0 Å². The number of hydrogen-bond acceptors (Lipinski definition) is 3. The van der Waals surface area contributed by atoms with E-state index in [1.807, 2.05) is 0 Å². The summed E-state index contributed by atoms with van der Waals surface area (Å²) in [6.07, 6.45) is 0. The van der Waals surface area contributed by atoms with Gasteiger partial charge in [0.2, 0.25) is 0 Å². The van der Waals surface area contributed by atoms with E-state index in [0.29, 0.717) is 5.56 Å². The molecule has 0 aliphatic heterocycles. The van der Waals surface area contributed by atoms with Crippen LogP contribution in [0, 0.1) is 0 Å². The molecule has 3 nitrogen and oxygen atoms in total. The molecule has 69 valence electrons. The Morgan fingerprint density at radius 2 is 1.92 bits per heavy atom. The van der Waals surface area contributed by atoms with Gasteiger partial charge in [0.25, 0.3) is 0 Å². The Labute approximate surface area is 83.9 Å². The standard InChI is InChI=1S/C9H7O3.Fe/c1-7(11)12-9-5-3-2-4-8(9)6-10;/h2-5H,1H3;. The zero-order valence-electron chi connectivity index (χ0n) is 6.89. The van der Waals surface area contributed by atoms with Gasteiger partial charge in [0.15, 0.2) is 0 Å². The van der Waals surface area contributed by atoms with Crippen molar-refractivity contribution in [3.05, 3.63) is 29.8 Å². The van der Waals surface area contributed by atoms with Gasteiger partial charge in [0.1, 0.15) is 0 Å². The van der Waals surface area contributed by atoms with Crippen LogP contribution >= 0.6 is 0 Å². The first-order valence-electron chi connectivity index (χ1n) is 3.57. The second-order valence-electron chi connectivity index (χ2n) is 2.35. The number of hydrogen-bond donors (Lipinski definition) is 0.